The van der Waals surface area contributed by atoms with Gasteiger partial charge in [-0.2, -0.15) is 0 Å². The number of hydrogen-bond donors (Lipinski definition) is 7. The molecule has 0 aliphatic carbocycles. The van der Waals surface area contributed by atoms with Crippen molar-refractivity contribution in [3.63, 3.8) is 0 Å². The minimum absolute atomic E-state index is 0. The molecule has 20 heteroatoms. The van der Waals surface area contributed by atoms with Gasteiger partial charge in [0.15, 0.2) is 0 Å². The maximum atomic E-state index is 5.47. The maximum absolute atomic E-state index is 5.47. The van der Waals surface area contributed by atoms with Crippen LogP contribution in [-0.4, -0.2) is 96.5 Å². The van der Waals surface area contributed by atoms with Gasteiger partial charge in [0.2, 0.25) is 0 Å². The van der Waals surface area contributed by atoms with E-state index in [2.05, 4.69) is 61.1 Å². The lowest BCUT2D eigenvalue weighted by Gasteiger charge is -2.23. The Bertz CT molecular complexity index is 577. The Labute approximate surface area is 348 Å². The molecule has 1 aliphatic rings. The molecule has 0 spiro atoms. The molecule has 1 fully saturated rings. The first kappa shape index (κ1) is 77.0. The van der Waals surface area contributed by atoms with Crippen LogP contribution in [0, 0.1) is 0 Å². The van der Waals surface area contributed by atoms with Gasteiger partial charge in [0.25, 0.3) is 0 Å². The van der Waals surface area contributed by atoms with Crippen LogP contribution >= 0.6 is 149 Å². The summed E-state index contributed by atoms with van der Waals surface area (Å²) >= 11 is 0. The molecule has 1 saturated heterocycles. The molecule has 286 valence electrons. The molecule has 8 nitrogen and oxygen atoms in total. The van der Waals surface area contributed by atoms with Crippen molar-refractivity contribution >= 4 is 149 Å². The molecule has 1 aliphatic heterocycles. The Balaban J connectivity index is -0.000000107. The number of nitrogens with one attached hydrogen (secondary N) is 6. The summed E-state index contributed by atoms with van der Waals surface area (Å²) in [5.41, 5.74) is 8.22. The molecule has 0 bridgehead atoms. The van der Waals surface area contributed by atoms with Crippen molar-refractivity contribution in [2.24, 2.45) is 5.73 Å². The maximum Gasteiger partial charge on any atom is 0.0234 e. The van der Waals surface area contributed by atoms with Gasteiger partial charge in [-0.15, -0.1) is 149 Å². The van der Waals surface area contributed by atoms with Crippen molar-refractivity contribution in [3.8, 4) is 0 Å². The third-order valence-corrected chi connectivity index (χ3v) is 5.88. The molecule has 0 unspecified atom stereocenters. The highest BCUT2D eigenvalue weighted by Gasteiger charge is 2.07. The quantitative estimate of drug-likeness (QED) is 0.143. The van der Waals surface area contributed by atoms with E-state index in [0.717, 1.165) is 105 Å². The van der Waals surface area contributed by atoms with E-state index in [0.29, 0.717) is 6.54 Å². The molecule has 2 rings (SSSR count). The highest BCUT2D eigenvalue weighted by Crippen LogP contribution is 2.08. The molecule has 0 saturated carbocycles. The van der Waals surface area contributed by atoms with Crippen LogP contribution in [0.5, 0.6) is 0 Å². The molecule has 45 heavy (non-hydrogen) atoms. The fourth-order valence-corrected chi connectivity index (χ4v) is 3.95. The lowest BCUT2D eigenvalue weighted by atomic mass is 10.1. The molecule has 1 aromatic carbocycles. The van der Waals surface area contributed by atoms with Crippen molar-refractivity contribution in [2.75, 3.05) is 91.6 Å². The topological polar surface area (TPSA) is 101 Å². The van der Waals surface area contributed by atoms with E-state index in [1.807, 2.05) is 0 Å². The van der Waals surface area contributed by atoms with E-state index < -0.39 is 0 Å². The molecule has 0 aromatic heterocycles. The van der Waals surface area contributed by atoms with Crippen LogP contribution in [0.3, 0.4) is 0 Å². The predicted octanol–water partition coefficient (Wildman–Crippen LogP) is 4.73. The summed E-state index contributed by atoms with van der Waals surface area (Å²) in [5, 5.41) is 21.0. The summed E-state index contributed by atoms with van der Waals surface area (Å²) in [6, 6.07) is 9.14. The minimum atomic E-state index is 0. The third-order valence-electron chi connectivity index (χ3n) is 5.88. The van der Waals surface area contributed by atoms with E-state index >= 15 is 0 Å². The SMILES string of the molecule is Cl.Cl.Cl.Cl.Cl.Cl.Cl.Cl.Cl.Cl.Cl.Cl.NCCNCCCNCCNCc1ccc(CN2CCCNCCNCCCNCC2)cc1. The smallest absolute Gasteiger partial charge is 0.0234 e. The van der Waals surface area contributed by atoms with E-state index in [9.17, 15) is 0 Å². The number of nitrogens with zero attached hydrogens (tertiary/aromatic N) is 1. The number of nitrogens with two attached hydrogens (primary N) is 1. The second kappa shape index (κ2) is 58.6. The van der Waals surface area contributed by atoms with E-state index in [4.69, 9.17) is 5.73 Å². The zero-order valence-electron chi connectivity index (χ0n) is 25.7. The standard InChI is InChI=1S/C25H50N8.12ClH/c26-8-14-27-9-1-10-29-17-18-32-22-24-4-6-25(7-5-24)23-33-20-3-13-30-16-15-28-11-2-12-31-19-21-33;;;;;;;;;;;;/h4-7,27-32H,1-3,8-23,26H2;12*1H. The fourth-order valence-electron chi connectivity index (χ4n) is 3.95. The summed E-state index contributed by atoms with van der Waals surface area (Å²) in [6.07, 6.45) is 3.53. The van der Waals surface area contributed by atoms with Gasteiger partial charge in [-0.05, 0) is 69.7 Å². The average Bonchev–Trinajstić information content (AvgIpc) is 2.83. The Morgan fingerprint density at radius 3 is 1.53 bits per heavy atom. The van der Waals surface area contributed by atoms with Gasteiger partial charge >= 0.3 is 0 Å². The van der Waals surface area contributed by atoms with Gasteiger partial charge in [0.1, 0.15) is 0 Å². The summed E-state index contributed by atoms with van der Waals surface area (Å²) < 4.78 is 0. The van der Waals surface area contributed by atoms with Crippen molar-refractivity contribution in [1.82, 2.24) is 36.8 Å². The normalized spacial score (nSPS) is 12.9. The minimum Gasteiger partial charge on any atom is -0.329 e. The second-order valence-corrected chi connectivity index (χ2v) is 8.87. The van der Waals surface area contributed by atoms with Crippen LogP contribution in [0.15, 0.2) is 24.3 Å². The first-order valence-corrected chi connectivity index (χ1v) is 13.1. The number of benzene rings is 1. The van der Waals surface area contributed by atoms with Crippen molar-refractivity contribution in [2.45, 2.75) is 32.4 Å². The lowest BCUT2D eigenvalue weighted by Crippen LogP contribution is -2.36. The molecule has 0 atom stereocenters. The lowest BCUT2D eigenvalue weighted by molar-refractivity contribution is 0.260. The number of hydrogen-bond acceptors (Lipinski definition) is 8. The van der Waals surface area contributed by atoms with Crippen molar-refractivity contribution < 1.29 is 0 Å². The van der Waals surface area contributed by atoms with Crippen LogP contribution in [-0.2, 0) is 13.1 Å². The van der Waals surface area contributed by atoms with Crippen LogP contribution in [0.2, 0.25) is 0 Å². The van der Waals surface area contributed by atoms with Crippen molar-refractivity contribution in [3.05, 3.63) is 35.4 Å². The first-order valence-electron chi connectivity index (χ1n) is 13.1. The van der Waals surface area contributed by atoms with Gasteiger partial charge in [-0.3, -0.25) is 4.90 Å². The zero-order chi connectivity index (χ0) is 23.2. The highest BCUT2D eigenvalue weighted by molar-refractivity contribution is 5.86. The highest BCUT2D eigenvalue weighted by atomic mass is 35.5. The number of halogens is 12. The molecular formula is C25H62Cl12N8. The van der Waals surface area contributed by atoms with Crippen LogP contribution < -0.4 is 37.6 Å². The second-order valence-electron chi connectivity index (χ2n) is 8.87. The first-order chi connectivity index (χ1) is 16.4. The molecule has 8 N–H and O–H groups in total. The van der Waals surface area contributed by atoms with Gasteiger partial charge in [-0.1, -0.05) is 24.3 Å². The zero-order valence-corrected chi connectivity index (χ0v) is 35.5. The molecule has 0 radical (unpaired) electrons. The molecule has 0 amide bonds. The fraction of sp³-hybridized carbons (Fsp3) is 0.760. The Morgan fingerprint density at radius 1 is 0.511 bits per heavy atom. The average molecular weight is 900 g/mol. The summed E-state index contributed by atoms with van der Waals surface area (Å²) in [6.45, 7) is 16.4. The van der Waals surface area contributed by atoms with Crippen LogP contribution in [0.4, 0.5) is 0 Å². The van der Waals surface area contributed by atoms with Gasteiger partial charge in [0, 0.05) is 65.4 Å². The summed E-state index contributed by atoms with van der Waals surface area (Å²) in [7, 11) is 0. The Kier molecular flexibility index (Phi) is 100. The van der Waals surface area contributed by atoms with Crippen LogP contribution in [0.1, 0.15) is 30.4 Å². The third kappa shape index (κ3) is 46.4. The van der Waals surface area contributed by atoms with E-state index in [-0.39, 0.29) is 149 Å². The Hall–Kier alpha value is 2.38. The van der Waals surface area contributed by atoms with Gasteiger partial charge in [0.05, 0.1) is 0 Å². The van der Waals surface area contributed by atoms with E-state index in [1.54, 1.807) is 0 Å². The number of rotatable bonds is 13. The summed E-state index contributed by atoms with van der Waals surface area (Å²) in [5.74, 6) is 0. The van der Waals surface area contributed by atoms with Crippen molar-refractivity contribution in [1.29, 1.82) is 0 Å². The largest absolute Gasteiger partial charge is 0.329 e. The van der Waals surface area contributed by atoms with E-state index in [1.165, 1.54) is 24.0 Å². The Morgan fingerprint density at radius 2 is 0.978 bits per heavy atom. The van der Waals surface area contributed by atoms with Gasteiger partial charge < -0.3 is 37.6 Å². The molecular weight excluding hydrogens is 838 g/mol. The summed E-state index contributed by atoms with van der Waals surface area (Å²) in [4.78, 5) is 2.59. The monoisotopic (exact) mass is 894 g/mol. The molecule has 1 heterocycles. The van der Waals surface area contributed by atoms with Gasteiger partial charge in [-0.25, -0.2) is 0 Å². The predicted molar refractivity (Wildman–Crippen MR) is 228 cm³/mol. The molecule has 1 aromatic rings. The van der Waals surface area contributed by atoms with Crippen LogP contribution in [0.25, 0.3) is 0 Å².